The largest absolute Gasteiger partial charge is 0.486 e. The highest BCUT2D eigenvalue weighted by Crippen LogP contribution is 2.34. The van der Waals surface area contributed by atoms with Crippen molar-refractivity contribution in [2.24, 2.45) is 0 Å². The van der Waals surface area contributed by atoms with E-state index in [1.165, 1.54) is 13.4 Å². The Balaban J connectivity index is 1.74. The Bertz CT molecular complexity index is 735. The van der Waals surface area contributed by atoms with E-state index in [1.807, 2.05) is 18.2 Å². The highest BCUT2D eigenvalue weighted by molar-refractivity contribution is 5.90. The summed E-state index contributed by atoms with van der Waals surface area (Å²) in [6.45, 7) is 5.64. The van der Waals surface area contributed by atoms with Crippen molar-refractivity contribution in [3.8, 4) is 11.5 Å². The Hall–Kier alpha value is -2.47. The van der Waals surface area contributed by atoms with E-state index >= 15 is 0 Å². The van der Waals surface area contributed by atoms with Gasteiger partial charge in [-0.05, 0) is 37.6 Å². The molecule has 2 aromatic rings. The summed E-state index contributed by atoms with van der Waals surface area (Å²) < 4.78 is 21.4. The first-order valence-electron chi connectivity index (χ1n) is 7.81. The Morgan fingerprint density at radius 3 is 2.71 bits per heavy atom. The number of carbonyl (C=O) groups is 1. The molecule has 0 atom stereocenters. The van der Waals surface area contributed by atoms with Gasteiger partial charge in [-0.25, -0.2) is 4.79 Å². The van der Waals surface area contributed by atoms with Gasteiger partial charge in [0.15, 0.2) is 11.5 Å². The standard InChI is InChI=1S/C18H21NO5/c1-18(2,12-4-5-14-15(10-12)24-9-8-23-14)19-11-16-13(6-7-22-16)17(20)21-3/h4-7,10,19H,8-9,11H2,1-3H3. The van der Waals surface area contributed by atoms with Gasteiger partial charge in [0.05, 0.1) is 19.9 Å². The summed E-state index contributed by atoms with van der Waals surface area (Å²) in [4.78, 5) is 11.7. The average Bonchev–Trinajstić information content (AvgIpc) is 3.07. The van der Waals surface area contributed by atoms with Crippen LogP contribution in [0.3, 0.4) is 0 Å². The van der Waals surface area contributed by atoms with Gasteiger partial charge in [0.1, 0.15) is 24.5 Å². The minimum absolute atomic E-state index is 0.351. The van der Waals surface area contributed by atoms with E-state index in [2.05, 4.69) is 19.2 Å². The van der Waals surface area contributed by atoms with Gasteiger partial charge in [-0.15, -0.1) is 0 Å². The second kappa shape index (κ2) is 6.57. The van der Waals surface area contributed by atoms with Gasteiger partial charge in [0.25, 0.3) is 0 Å². The van der Waals surface area contributed by atoms with Crippen molar-refractivity contribution in [2.75, 3.05) is 20.3 Å². The number of rotatable bonds is 5. The Morgan fingerprint density at radius 2 is 1.96 bits per heavy atom. The van der Waals surface area contributed by atoms with Crippen molar-refractivity contribution < 1.29 is 23.4 Å². The molecule has 0 bridgehead atoms. The first-order chi connectivity index (χ1) is 11.5. The zero-order chi connectivity index (χ0) is 17.2. The summed E-state index contributed by atoms with van der Waals surface area (Å²) in [5.74, 6) is 1.66. The van der Waals surface area contributed by atoms with E-state index in [4.69, 9.17) is 18.6 Å². The topological polar surface area (TPSA) is 69.9 Å². The molecule has 1 aromatic heterocycles. The lowest BCUT2D eigenvalue weighted by Crippen LogP contribution is -2.36. The summed E-state index contributed by atoms with van der Waals surface area (Å²) in [7, 11) is 1.35. The van der Waals surface area contributed by atoms with Crippen LogP contribution < -0.4 is 14.8 Å². The summed E-state index contributed by atoms with van der Waals surface area (Å²) in [5.41, 5.74) is 1.14. The Labute approximate surface area is 140 Å². The second-order valence-electron chi connectivity index (χ2n) is 6.09. The van der Waals surface area contributed by atoms with E-state index in [0.717, 1.165) is 17.1 Å². The van der Waals surface area contributed by atoms with Gasteiger partial charge in [-0.3, -0.25) is 0 Å². The fourth-order valence-electron chi connectivity index (χ4n) is 2.60. The van der Waals surface area contributed by atoms with E-state index in [1.54, 1.807) is 6.07 Å². The van der Waals surface area contributed by atoms with Crippen LogP contribution in [0.25, 0.3) is 0 Å². The van der Waals surface area contributed by atoms with Crippen LogP contribution in [0.2, 0.25) is 0 Å². The lowest BCUT2D eigenvalue weighted by atomic mass is 9.93. The average molecular weight is 331 g/mol. The first-order valence-corrected chi connectivity index (χ1v) is 7.81. The van der Waals surface area contributed by atoms with Crippen LogP contribution in [0.1, 0.15) is 35.5 Å². The van der Waals surface area contributed by atoms with E-state index in [9.17, 15) is 4.79 Å². The predicted octanol–water partition coefficient (Wildman–Crippen LogP) is 2.86. The summed E-state index contributed by atoms with van der Waals surface area (Å²) in [5, 5.41) is 3.41. The fourth-order valence-corrected chi connectivity index (χ4v) is 2.60. The van der Waals surface area contributed by atoms with Gasteiger partial charge in [-0.2, -0.15) is 0 Å². The molecule has 0 aliphatic carbocycles. The molecule has 6 nitrogen and oxygen atoms in total. The number of carbonyl (C=O) groups excluding carboxylic acids is 1. The fraction of sp³-hybridized carbons (Fsp3) is 0.389. The molecule has 0 spiro atoms. The van der Waals surface area contributed by atoms with Crippen molar-refractivity contribution >= 4 is 5.97 Å². The maximum atomic E-state index is 11.7. The third-order valence-corrected chi connectivity index (χ3v) is 4.11. The van der Waals surface area contributed by atoms with Gasteiger partial charge in [-0.1, -0.05) is 6.07 Å². The Kier molecular flexibility index (Phi) is 4.49. The van der Waals surface area contributed by atoms with Gasteiger partial charge in [0.2, 0.25) is 0 Å². The predicted molar refractivity (Wildman–Crippen MR) is 87.3 cm³/mol. The minimum atomic E-state index is -0.405. The number of esters is 1. The van der Waals surface area contributed by atoms with E-state index < -0.39 is 5.97 Å². The molecule has 1 N–H and O–H groups in total. The zero-order valence-electron chi connectivity index (χ0n) is 14.0. The summed E-state index contributed by atoms with van der Waals surface area (Å²) >= 11 is 0. The minimum Gasteiger partial charge on any atom is -0.486 e. The SMILES string of the molecule is COC(=O)c1ccoc1CNC(C)(C)c1ccc2c(c1)OCCO2. The number of ether oxygens (including phenoxy) is 3. The molecule has 128 valence electrons. The molecule has 0 saturated heterocycles. The molecule has 1 aliphatic heterocycles. The van der Waals surface area contributed by atoms with Crippen LogP contribution in [-0.4, -0.2) is 26.3 Å². The number of methoxy groups -OCH3 is 1. The highest BCUT2D eigenvalue weighted by atomic mass is 16.6. The molecule has 0 amide bonds. The van der Waals surface area contributed by atoms with Crippen molar-refractivity contribution in [1.29, 1.82) is 0 Å². The number of nitrogens with one attached hydrogen (secondary N) is 1. The van der Waals surface area contributed by atoms with Crippen molar-refractivity contribution in [3.63, 3.8) is 0 Å². The zero-order valence-corrected chi connectivity index (χ0v) is 14.0. The smallest absolute Gasteiger partial charge is 0.341 e. The maximum Gasteiger partial charge on any atom is 0.341 e. The number of fused-ring (bicyclic) bond motifs is 1. The Morgan fingerprint density at radius 1 is 1.21 bits per heavy atom. The molecule has 0 fully saturated rings. The maximum absolute atomic E-state index is 11.7. The molecule has 0 saturated carbocycles. The van der Waals surface area contributed by atoms with Crippen LogP contribution in [0.15, 0.2) is 34.9 Å². The highest BCUT2D eigenvalue weighted by Gasteiger charge is 2.24. The third kappa shape index (κ3) is 3.23. The van der Waals surface area contributed by atoms with Crippen molar-refractivity contribution in [3.05, 3.63) is 47.4 Å². The molecular formula is C18H21NO5. The number of hydrogen-bond donors (Lipinski definition) is 1. The summed E-state index contributed by atoms with van der Waals surface area (Å²) in [6, 6.07) is 7.51. The van der Waals surface area contributed by atoms with Crippen LogP contribution >= 0.6 is 0 Å². The van der Waals surface area contributed by atoms with Gasteiger partial charge >= 0.3 is 5.97 Å². The monoisotopic (exact) mass is 331 g/mol. The molecule has 1 aliphatic rings. The lowest BCUT2D eigenvalue weighted by Gasteiger charge is -2.28. The molecule has 1 aromatic carbocycles. The molecule has 3 rings (SSSR count). The second-order valence-corrected chi connectivity index (χ2v) is 6.09. The molecule has 24 heavy (non-hydrogen) atoms. The van der Waals surface area contributed by atoms with Crippen LogP contribution in [0, 0.1) is 0 Å². The molecule has 0 unspecified atom stereocenters. The first kappa shape index (κ1) is 16.4. The number of benzene rings is 1. The lowest BCUT2D eigenvalue weighted by molar-refractivity contribution is 0.0597. The van der Waals surface area contributed by atoms with Crippen LogP contribution in [0.4, 0.5) is 0 Å². The molecule has 0 radical (unpaired) electrons. The van der Waals surface area contributed by atoms with Gasteiger partial charge < -0.3 is 23.9 Å². The van der Waals surface area contributed by atoms with Crippen molar-refractivity contribution in [2.45, 2.75) is 25.9 Å². The summed E-state index contributed by atoms with van der Waals surface area (Å²) in [6.07, 6.45) is 1.49. The number of furan rings is 1. The molecular weight excluding hydrogens is 310 g/mol. The third-order valence-electron chi connectivity index (χ3n) is 4.11. The van der Waals surface area contributed by atoms with E-state index in [-0.39, 0.29) is 5.54 Å². The van der Waals surface area contributed by atoms with Crippen LogP contribution in [-0.2, 0) is 16.8 Å². The normalized spacial score (nSPS) is 13.6. The van der Waals surface area contributed by atoms with Crippen LogP contribution in [0.5, 0.6) is 11.5 Å². The molecule has 2 heterocycles. The van der Waals surface area contributed by atoms with E-state index in [0.29, 0.717) is 31.1 Å². The quantitative estimate of drug-likeness (QED) is 0.850. The number of hydrogen-bond acceptors (Lipinski definition) is 6. The van der Waals surface area contributed by atoms with Crippen molar-refractivity contribution in [1.82, 2.24) is 5.32 Å². The van der Waals surface area contributed by atoms with Gasteiger partial charge in [0, 0.05) is 5.54 Å². The molecule has 6 heteroatoms.